The third-order valence-corrected chi connectivity index (χ3v) is 11.3. The van der Waals surface area contributed by atoms with Crippen LogP contribution in [0.25, 0.3) is 83.6 Å². The smallest absolute Gasteiger partial charge is 0.160 e. The van der Waals surface area contributed by atoms with Gasteiger partial charge in [0.05, 0.1) is 17.1 Å². The molecule has 9 aromatic carbocycles. The molecule has 0 bridgehead atoms. The zero-order chi connectivity index (χ0) is 41.7. The van der Waals surface area contributed by atoms with Crippen LogP contribution in [-0.4, -0.2) is 15.7 Å². The third-order valence-electron chi connectivity index (χ3n) is 11.3. The Morgan fingerprint density at radius 3 is 1.35 bits per heavy atom. The highest BCUT2D eigenvalue weighted by atomic mass is 14.9. The fraction of sp³-hybridized carbons (Fsp3) is 0. The number of hydrogen-bond acceptors (Lipinski definition) is 3. The number of aromatic nitrogens is 2. The van der Waals surface area contributed by atoms with E-state index >= 15 is 0 Å². The van der Waals surface area contributed by atoms with Crippen molar-refractivity contribution < 1.29 is 0 Å². The first-order chi connectivity index (χ1) is 30.6. The summed E-state index contributed by atoms with van der Waals surface area (Å²) in [5.74, 6) is 0.657. The van der Waals surface area contributed by atoms with Crippen molar-refractivity contribution in [2.24, 2.45) is 0 Å². The summed E-state index contributed by atoms with van der Waals surface area (Å²) >= 11 is 0. The number of nitrogens with zero attached hydrogens (tertiary/aromatic N) is 2. The van der Waals surface area contributed by atoms with Crippen LogP contribution in [0.1, 0.15) is 16.7 Å². The Hall–Kier alpha value is -8.27. The van der Waals surface area contributed by atoms with Gasteiger partial charge in [-0.3, -0.25) is 0 Å². The fourth-order valence-electron chi connectivity index (χ4n) is 8.15. The topological polar surface area (TPSA) is 49.6 Å². The van der Waals surface area contributed by atoms with Gasteiger partial charge in [0.25, 0.3) is 0 Å². The predicted molar refractivity (Wildman–Crippen MR) is 259 cm³/mol. The molecule has 0 amide bonds. The van der Waals surface area contributed by atoms with Gasteiger partial charge in [0.15, 0.2) is 5.82 Å². The van der Waals surface area contributed by atoms with Crippen molar-refractivity contribution in [2.75, 3.05) is 0 Å². The van der Waals surface area contributed by atoms with Crippen molar-refractivity contribution >= 4 is 22.1 Å². The standard InChI is InChI=1S/C59H41N3/c60-56(45-23-11-4-12-24-45)39-55(43-21-9-3-10-22-43)53-32-16-25-44-33-34-49(38-54(44)53)48-28-15-31-52(37-48)59-61-57(50-29-13-26-46(35-50)41-17-5-1-6-18-41)40-58(62-59)51-30-14-27-47(36-51)42-19-7-2-8-20-42/h1-40,60H/b55-39-,60-56?. The van der Waals surface area contributed by atoms with Crippen LogP contribution in [0.4, 0.5) is 0 Å². The molecular weight excluding hydrogens is 751 g/mol. The van der Waals surface area contributed by atoms with Crippen molar-refractivity contribution in [2.45, 2.75) is 0 Å². The first kappa shape index (κ1) is 38.0. The van der Waals surface area contributed by atoms with Crippen LogP contribution < -0.4 is 0 Å². The molecule has 0 unspecified atom stereocenters. The molecule has 62 heavy (non-hydrogen) atoms. The van der Waals surface area contributed by atoms with E-state index in [2.05, 4.69) is 188 Å². The average Bonchev–Trinajstić information content (AvgIpc) is 3.36. The number of nitrogens with one attached hydrogen (secondary N) is 1. The second-order valence-electron chi connectivity index (χ2n) is 15.4. The van der Waals surface area contributed by atoms with Crippen molar-refractivity contribution in [3.8, 4) is 67.3 Å². The number of fused-ring (bicyclic) bond motifs is 1. The number of allylic oxidation sites excluding steroid dienone is 1. The van der Waals surface area contributed by atoms with E-state index in [0.717, 1.165) is 94.5 Å². The van der Waals surface area contributed by atoms with E-state index in [0.29, 0.717) is 11.5 Å². The van der Waals surface area contributed by atoms with Gasteiger partial charge in [0.2, 0.25) is 0 Å². The van der Waals surface area contributed by atoms with Gasteiger partial charge in [-0.2, -0.15) is 0 Å². The quantitative estimate of drug-likeness (QED) is 0.140. The van der Waals surface area contributed by atoms with Crippen LogP contribution in [0.5, 0.6) is 0 Å². The van der Waals surface area contributed by atoms with E-state index < -0.39 is 0 Å². The highest BCUT2D eigenvalue weighted by Crippen LogP contribution is 2.36. The summed E-state index contributed by atoms with van der Waals surface area (Å²) in [6.07, 6.45) is 2.00. The summed E-state index contributed by atoms with van der Waals surface area (Å²) in [6.45, 7) is 0. The molecule has 0 radical (unpaired) electrons. The summed E-state index contributed by atoms with van der Waals surface area (Å²) in [5, 5.41) is 11.3. The van der Waals surface area contributed by atoms with E-state index in [1.807, 2.05) is 54.6 Å². The molecular formula is C59H41N3. The summed E-state index contributed by atoms with van der Waals surface area (Å²) in [6, 6.07) is 82.2. The highest BCUT2D eigenvalue weighted by Gasteiger charge is 2.15. The normalized spacial score (nSPS) is 11.4. The summed E-state index contributed by atoms with van der Waals surface area (Å²) < 4.78 is 0. The van der Waals surface area contributed by atoms with Crippen LogP contribution in [0.3, 0.4) is 0 Å². The maximum absolute atomic E-state index is 9.10. The molecule has 10 rings (SSSR count). The monoisotopic (exact) mass is 791 g/mol. The van der Waals surface area contributed by atoms with Gasteiger partial charge in [-0.15, -0.1) is 0 Å². The van der Waals surface area contributed by atoms with Crippen LogP contribution in [0.2, 0.25) is 0 Å². The van der Waals surface area contributed by atoms with Gasteiger partial charge < -0.3 is 5.41 Å². The second-order valence-corrected chi connectivity index (χ2v) is 15.4. The minimum Gasteiger partial charge on any atom is -0.300 e. The van der Waals surface area contributed by atoms with Gasteiger partial charge in [-0.05, 0) is 103 Å². The molecule has 0 aliphatic carbocycles. The Kier molecular flexibility index (Phi) is 10.5. The Morgan fingerprint density at radius 1 is 0.339 bits per heavy atom. The lowest BCUT2D eigenvalue weighted by atomic mass is 9.90. The van der Waals surface area contributed by atoms with E-state index in [-0.39, 0.29) is 0 Å². The molecule has 292 valence electrons. The zero-order valence-corrected chi connectivity index (χ0v) is 34.0. The maximum atomic E-state index is 9.10. The first-order valence-electron chi connectivity index (χ1n) is 20.9. The molecule has 0 spiro atoms. The highest BCUT2D eigenvalue weighted by molar-refractivity contribution is 6.14. The molecule has 1 aromatic heterocycles. The summed E-state index contributed by atoms with van der Waals surface area (Å²) in [7, 11) is 0. The molecule has 0 fully saturated rings. The summed E-state index contributed by atoms with van der Waals surface area (Å²) in [4.78, 5) is 10.6. The molecule has 3 nitrogen and oxygen atoms in total. The number of benzene rings is 9. The second kappa shape index (κ2) is 17.1. The molecule has 0 aliphatic rings. The van der Waals surface area contributed by atoms with Gasteiger partial charge in [-0.25, -0.2) is 9.97 Å². The van der Waals surface area contributed by atoms with Gasteiger partial charge in [0.1, 0.15) is 0 Å². The van der Waals surface area contributed by atoms with Gasteiger partial charge >= 0.3 is 0 Å². The predicted octanol–water partition coefficient (Wildman–Crippen LogP) is 15.1. The van der Waals surface area contributed by atoms with Crippen molar-refractivity contribution in [1.82, 2.24) is 9.97 Å². The largest absolute Gasteiger partial charge is 0.300 e. The van der Waals surface area contributed by atoms with Crippen molar-refractivity contribution in [1.29, 1.82) is 5.41 Å². The molecule has 1 heterocycles. The summed E-state index contributed by atoms with van der Waals surface area (Å²) in [5.41, 5.74) is 15.9. The average molecular weight is 792 g/mol. The SMILES string of the molecule is N=C(/C=C(/c1ccccc1)c1cccc2ccc(-c3cccc(-c4nc(-c5cccc(-c6ccccc6)c5)cc(-c5cccc(-c6ccccc6)c5)n4)c3)cc12)c1ccccc1. The Labute approximate surface area is 362 Å². The van der Waals surface area contributed by atoms with Crippen LogP contribution in [-0.2, 0) is 0 Å². The number of hydrogen-bond donors (Lipinski definition) is 1. The van der Waals surface area contributed by atoms with Crippen LogP contribution in [0, 0.1) is 5.41 Å². The van der Waals surface area contributed by atoms with Crippen molar-refractivity contribution in [3.63, 3.8) is 0 Å². The third kappa shape index (κ3) is 8.03. The van der Waals surface area contributed by atoms with E-state index in [1.54, 1.807) is 0 Å². The van der Waals surface area contributed by atoms with Crippen LogP contribution in [0.15, 0.2) is 243 Å². The van der Waals surface area contributed by atoms with Crippen LogP contribution >= 0.6 is 0 Å². The molecule has 10 aromatic rings. The van der Waals surface area contributed by atoms with Gasteiger partial charge in [-0.1, -0.05) is 206 Å². The maximum Gasteiger partial charge on any atom is 0.160 e. The molecule has 0 aliphatic heterocycles. The minimum atomic E-state index is 0.463. The van der Waals surface area contributed by atoms with E-state index in [9.17, 15) is 0 Å². The van der Waals surface area contributed by atoms with Gasteiger partial charge in [0, 0.05) is 16.7 Å². The lowest BCUT2D eigenvalue weighted by molar-refractivity contribution is 1.18. The molecule has 0 saturated heterocycles. The molecule has 1 N–H and O–H groups in total. The number of rotatable bonds is 10. The molecule has 3 heteroatoms. The first-order valence-corrected chi connectivity index (χ1v) is 20.9. The lowest BCUT2D eigenvalue weighted by Crippen LogP contribution is -1.98. The lowest BCUT2D eigenvalue weighted by Gasteiger charge is -2.15. The van der Waals surface area contributed by atoms with Crippen molar-refractivity contribution in [3.05, 3.63) is 259 Å². The molecule has 0 saturated carbocycles. The Morgan fingerprint density at radius 2 is 0.774 bits per heavy atom. The van der Waals surface area contributed by atoms with E-state index in [1.165, 1.54) is 0 Å². The van der Waals surface area contributed by atoms with E-state index in [4.69, 9.17) is 15.4 Å². The minimum absolute atomic E-state index is 0.463. The fourth-order valence-corrected chi connectivity index (χ4v) is 8.15. The zero-order valence-electron chi connectivity index (χ0n) is 34.0. The molecule has 0 atom stereocenters. The Bertz CT molecular complexity index is 3130. The Balaban J connectivity index is 1.09.